The summed E-state index contributed by atoms with van der Waals surface area (Å²) in [5, 5.41) is 3.20. The Morgan fingerprint density at radius 1 is 1.69 bits per heavy atom. The number of hydrogen-bond acceptors (Lipinski definition) is 5. The summed E-state index contributed by atoms with van der Waals surface area (Å²) < 4.78 is 9.98. The quantitative estimate of drug-likeness (QED) is 0.772. The molecule has 16 heavy (non-hydrogen) atoms. The molecule has 1 fully saturated rings. The number of pyridine rings is 1. The molecule has 0 unspecified atom stereocenters. The van der Waals surface area contributed by atoms with E-state index in [1.807, 2.05) is 6.07 Å². The number of nitrogens with zero attached hydrogens (tertiary/aromatic N) is 1. The molecular formula is C11H14N2O3. The van der Waals surface area contributed by atoms with E-state index in [1.165, 1.54) is 0 Å². The van der Waals surface area contributed by atoms with Crippen LogP contribution in [0.5, 0.6) is 0 Å². The normalized spacial score (nSPS) is 15.3. The summed E-state index contributed by atoms with van der Waals surface area (Å²) in [6.45, 7) is 3.45. The van der Waals surface area contributed by atoms with Crippen LogP contribution in [0.4, 0.5) is 5.69 Å². The van der Waals surface area contributed by atoms with E-state index in [1.54, 1.807) is 19.2 Å². The summed E-state index contributed by atoms with van der Waals surface area (Å²) in [5.74, 6) is -0.397. The highest BCUT2D eigenvalue weighted by atomic mass is 16.5. The fraction of sp³-hybridized carbons (Fsp3) is 0.455. The lowest BCUT2D eigenvalue weighted by molar-refractivity contribution is 0.0209. The molecule has 5 heteroatoms. The number of nitrogens with one attached hydrogen (secondary N) is 1. The minimum atomic E-state index is -0.397. The highest BCUT2D eigenvalue weighted by molar-refractivity contribution is 5.93. The van der Waals surface area contributed by atoms with Gasteiger partial charge in [-0.2, -0.15) is 0 Å². The van der Waals surface area contributed by atoms with Gasteiger partial charge in [-0.1, -0.05) is 0 Å². The van der Waals surface area contributed by atoms with Gasteiger partial charge in [0.15, 0.2) is 5.69 Å². The Kier molecular flexibility index (Phi) is 3.36. The molecule has 2 rings (SSSR count). The molecule has 0 spiro atoms. The predicted molar refractivity (Wildman–Crippen MR) is 58.4 cm³/mol. The van der Waals surface area contributed by atoms with Gasteiger partial charge in [0.05, 0.1) is 31.5 Å². The van der Waals surface area contributed by atoms with Crippen molar-refractivity contribution in [3.05, 3.63) is 24.0 Å². The molecule has 0 amide bonds. The van der Waals surface area contributed by atoms with E-state index in [0.717, 1.165) is 0 Å². The van der Waals surface area contributed by atoms with Crippen LogP contribution in [-0.4, -0.2) is 36.8 Å². The van der Waals surface area contributed by atoms with Gasteiger partial charge in [-0.3, -0.25) is 0 Å². The molecular weight excluding hydrogens is 208 g/mol. The molecule has 0 aliphatic carbocycles. The van der Waals surface area contributed by atoms with Gasteiger partial charge in [0, 0.05) is 6.20 Å². The standard InChI is InChI=1S/C11H14N2O3/c1-2-16-11(14)10-9(4-3-5-12-10)13-8-6-15-7-8/h3-5,8,13H,2,6-7H2,1H3. The van der Waals surface area contributed by atoms with Crippen LogP contribution in [-0.2, 0) is 9.47 Å². The van der Waals surface area contributed by atoms with Gasteiger partial charge in [0.1, 0.15) is 0 Å². The van der Waals surface area contributed by atoms with E-state index < -0.39 is 5.97 Å². The number of ether oxygens (including phenoxy) is 2. The van der Waals surface area contributed by atoms with Crippen molar-refractivity contribution < 1.29 is 14.3 Å². The first-order valence-electron chi connectivity index (χ1n) is 5.27. The van der Waals surface area contributed by atoms with Crippen molar-refractivity contribution >= 4 is 11.7 Å². The lowest BCUT2D eigenvalue weighted by atomic mass is 10.2. The lowest BCUT2D eigenvalue weighted by Gasteiger charge is -2.28. The molecule has 1 N–H and O–H groups in total. The fourth-order valence-electron chi connectivity index (χ4n) is 1.42. The maximum absolute atomic E-state index is 11.6. The van der Waals surface area contributed by atoms with Gasteiger partial charge >= 0.3 is 5.97 Å². The summed E-state index contributed by atoms with van der Waals surface area (Å²) in [7, 11) is 0. The Bertz CT molecular complexity index is 377. The smallest absolute Gasteiger partial charge is 0.359 e. The molecule has 1 saturated heterocycles. The lowest BCUT2D eigenvalue weighted by Crippen LogP contribution is -2.40. The molecule has 1 aliphatic heterocycles. The van der Waals surface area contributed by atoms with Crippen LogP contribution in [0.25, 0.3) is 0 Å². The number of carbonyl (C=O) groups excluding carboxylic acids is 1. The number of rotatable bonds is 4. The largest absolute Gasteiger partial charge is 0.461 e. The molecule has 0 bridgehead atoms. The molecule has 1 aromatic heterocycles. The third kappa shape index (κ3) is 2.30. The summed E-state index contributed by atoms with van der Waals surface area (Å²) in [6, 6.07) is 3.86. The molecule has 2 heterocycles. The van der Waals surface area contributed by atoms with E-state index >= 15 is 0 Å². The van der Waals surface area contributed by atoms with Crippen LogP contribution < -0.4 is 5.32 Å². The van der Waals surface area contributed by atoms with Crippen LogP contribution in [0.15, 0.2) is 18.3 Å². The zero-order valence-electron chi connectivity index (χ0n) is 9.10. The first-order chi connectivity index (χ1) is 7.81. The molecule has 1 aliphatic rings. The van der Waals surface area contributed by atoms with Crippen molar-refractivity contribution in [2.45, 2.75) is 13.0 Å². The van der Waals surface area contributed by atoms with Crippen molar-refractivity contribution in [2.24, 2.45) is 0 Å². The molecule has 0 atom stereocenters. The zero-order chi connectivity index (χ0) is 11.4. The number of carbonyl (C=O) groups is 1. The maximum Gasteiger partial charge on any atom is 0.359 e. The summed E-state index contributed by atoms with van der Waals surface area (Å²) >= 11 is 0. The first kappa shape index (κ1) is 10.9. The van der Waals surface area contributed by atoms with Gasteiger partial charge in [-0.25, -0.2) is 9.78 Å². The van der Waals surface area contributed by atoms with Crippen molar-refractivity contribution in [3.8, 4) is 0 Å². The maximum atomic E-state index is 11.6. The predicted octanol–water partition coefficient (Wildman–Crippen LogP) is 1.07. The molecule has 5 nitrogen and oxygen atoms in total. The van der Waals surface area contributed by atoms with E-state index in [4.69, 9.17) is 9.47 Å². The number of hydrogen-bond donors (Lipinski definition) is 1. The Hall–Kier alpha value is -1.62. The Morgan fingerprint density at radius 2 is 2.50 bits per heavy atom. The van der Waals surface area contributed by atoms with Crippen molar-refractivity contribution in [3.63, 3.8) is 0 Å². The first-order valence-corrected chi connectivity index (χ1v) is 5.27. The molecule has 0 aromatic carbocycles. The van der Waals surface area contributed by atoms with Gasteiger partial charge in [0.2, 0.25) is 0 Å². The second kappa shape index (κ2) is 4.94. The van der Waals surface area contributed by atoms with Gasteiger partial charge in [-0.15, -0.1) is 0 Å². The van der Waals surface area contributed by atoms with Crippen molar-refractivity contribution in [2.75, 3.05) is 25.1 Å². The number of anilines is 1. The molecule has 86 valence electrons. The minimum Gasteiger partial charge on any atom is -0.461 e. The van der Waals surface area contributed by atoms with Crippen LogP contribution in [0.3, 0.4) is 0 Å². The number of aromatic nitrogens is 1. The minimum absolute atomic E-state index is 0.261. The van der Waals surface area contributed by atoms with E-state index in [2.05, 4.69) is 10.3 Å². The highest BCUT2D eigenvalue weighted by Crippen LogP contribution is 2.17. The Labute approximate surface area is 93.8 Å². The topological polar surface area (TPSA) is 60.5 Å². The zero-order valence-corrected chi connectivity index (χ0v) is 9.10. The van der Waals surface area contributed by atoms with Crippen LogP contribution in [0.1, 0.15) is 17.4 Å². The molecule has 0 radical (unpaired) electrons. The number of esters is 1. The average Bonchev–Trinajstić information content (AvgIpc) is 2.24. The van der Waals surface area contributed by atoms with E-state index in [0.29, 0.717) is 31.2 Å². The molecule has 1 aromatic rings. The SMILES string of the molecule is CCOC(=O)c1ncccc1NC1COC1. The fourth-order valence-corrected chi connectivity index (χ4v) is 1.42. The van der Waals surface area contributed by atoms with Gasteiger partial charge in [0.25, 0.3) is 0 Å². The second-order valence-corrected chi connectivity index (χ2v) is 3.50. The monoisotopic (exact) mass is 222 g/mol. The second-order valence-electron chi connectivity index (χ2n) is 3.50. The third-order valence-electron chi connectivity index (χ3n) is 2.27. The van der Waals surface area contributed by atoms with Crippen molar-refractivity contribution in [1.29, 1.82) is 0 Å². The summed E-state index contributed by atoms with van der Waals surface area (Å²) in [6.07, 6.45) is 1.58. The third-order valence-corrected chi connectivity index (χ3v) is 2.27. The molecule has 0 saturated carbocycles. The van der Waals surface area contributed by atoms with E-state index in [9.17, 15) is 4.79 Å². The average molecular weight is 222 g/mol. The van der Waals surface area contributed by atoms with Crippen LogP contribution >= 0.6 is 0 Å². The highest BCUT2D eigenvalue weighted by Gasteiger charge is 2.21. The Balaban J connectivity index is 2.12. The van der Waals surface area contributed by atoms with Gasteiger partial charge < -0.3 is 14.8 Å². The van der Waals surface area contributed by atoms with Crippen molar-refractivity contribution in [1.82, 2.24) is 4.98 Å². The van der Waals surface area contributed by atoms with E-state index in [-0.39, 0.29) is 6.04 Å². The van der Waals surface area contributed by atoms with Crippen LogP contribution in [0.2, 0.25) is 0 Å². The van der Waals surface area contributed by atoms with Crippen LogP contribution in [0, 0.1) is 0 Å². The van der Waals surface area contributed by atoms with Gasteiger partial charge in [-0.05, 0) is 19.1 Å². The Morgan fingerprint density at radius 3 is 3.12 bits per heavy atom. The summed E-state index contributed by atoms with van der Waals surface area (Å²) in [5.41, 5.74) is 1.03. The summed E-state index contributed by atoms with van der Waals surface area (Å²) in [4.78, 5) is 15.6.